The van der Waals surface area contributed by atoms with E-state index in [2.05, 4.69) is 0 Å². The predicted molar refractivity (Wildman–Crippen MR) is 195 cm³/mol. The maximum absolute atomic E-state index is 12.8. The van der Waals surface area contributed by atoms with Gasteiger partial charge in [-0.25, -0.2) is 14.4 Å². The van der Waals surface area contributed by atoms with Crippen LogP contribution in [0, 0.1) is 34.6 Å². The standard InChI is InChI=1S/C20H18O9.C20H20O7/c1-4-27-7-11-15(23)14(19(24)25)9(3)16-18(11)29-20(26)13-8(2)5-12(22)10(6-21)17(13)28-16;1-5-25-8-13-16(23)10(3)11(4)17-19(13)27-20(24)15-9(2)6-14(22)12(7-21)18(15)26-17/h5-6,22-23H,4,7H2,1-3H3,(H,24,25);6-7,22-23H,5,8H2,1-4H3. The molecule has 0 bridgehead atoms. The molecule has 5 N–H and O–H groups in total. The van der Waals surface area contributed by atoms with Crippen LogP contribution in [0.3, 0.4) is 0 Å². The van der Waals surface area contributed by atoms with Gasteiger partial charge in [-0.15, -0.1) is 0 Å². The van der Waals surface area contributed by atoms with Crippen molar-refractivity contribution >= 4 is 30.5 Å². The van der Waals surface area contributed by atoms with Gasteiger partial charge in [0.05, 0.1) is 35.5 Å². The van der Waals surface area contributed by atoms with E-state index in [9.17, 15) is 49.5 Å². The van der Waals surface area contributed by atoms with E-state index in [-0.39, 0.29) is 110 Å². The highest BCUT2D eigenvalue weighted by Crippen LogP contribution is 2.51. The van der Waals surface area contributed by atoms with E-state index < -0.39 is 35.0 Å². The lowest BCUT2D eigenvalue weighted by atomic mass is 10.0. The van der Waals surface area contributed by atoms with Crippen molar-refractivity contribution in [1.29, 1.82) is 0 Å². The molecule has 56 heavy (non-hydrogen) atoms. The van der Waals surface area contributed by atoms with Gasteiger partial charge in [-0.1, -0.05) is 0 Å². The molecule has 2 heterocycles. The summed E-state index contributed by atoms with van der Waals surface area (Å²) in [7, 11) is 0. The number of rotatable bonds is 9. The summed E-state index contributed by atoms with van der Waals surface area (Å²) in [4.78, 5) is 60.3. The number of aromatic hydroxyl groups is 4. The lowest BCUT2D eigenvalue weighted by Crippen LogP contribution is -2.12. The van der Waals surface area contributed by atoms with Gasteiger partial charge in [0.1, 0.15) is 39.7 Å². The molecule has 4 aromatic carbocycles. The number of carbonyl (C=O) groups excluding carboxylic acids is 4. The van der Waals surface area contributed by atoms with Crippen LogP contribution < -0.4 is 18.9 Å². The summed E-state index contributed by atoms with van der Waals surface area (Å²) in [6.07, 6.45) is 0.746. The number of ether oxygens (including phenoxy) is 6. The molecule has 294 valence electrons. The van der Waals surface area contributed by atoms with E-state index in [1.165, 1.54) is 26.0 Å². The van der Waals surface area contributed by atoms with Crippen LogP contribution in [0.15, 0.2) is 12.1 Å². The van der Waals surface area contributed by atoms with Gasteiger partial charge in [0, 0.05) is 24.3 Å². The Labute approximate surface area is 319 Å². The second-order valence-electron chi connectivity index (χ2n) is 12.7. The van der Waals surface area contributed by atoms with Crippen molar-refractivity contribution in [2.75, 3.05) is 13.2 Å². The quantitative estimate of drug-likeness (QED) is 0.0668. The van der Waals surface area contributed by atoms with Crippen LogP contribution in [0.25, 0.3) is 0 Å². The number of carbonyl (C=O) groups is 5. The average molecular weight is 775 g/mol. The number of carboxylic acids is 1. The van der Waals surface area contributed by atoms with Crippen molar-refractivity contribution in [3.8, 4) is 57.5 Å². The van der Waals surface area contributed by atoms with Crippen LogP contribution in [-0.4, -0.2) is 69.2 Å². The molecule has 16 nitrogen and oxygen atoms in total. The zero-order valence-electron chi connectivity index (χ0n) is 31.4. The minimum absolute atomic E-state index is 0.0174. The van der Waals surface area contributed by atoms with Gasteiger partial charge < -0.3 is 54.0 Å². The molecule has 0 spiro atoms. The number of aldehydes is 2. The van der Waals surface area contributed by atoms with E-state index in [1.54, 1.807) is 34.6 Å². The molecule has 2 aliphatic rings. The number of benzene rings is 4. The van der Waals surface area contributed by atoms with E-state index in [1.807, 2.05) is 0 Å². The fourth-order valence-corrected chi connectivity index (χ4v) is 6.25. The molecule has 0 aliphatic carbocycles. The van der Waals surface area contributed by atoms with E-state index in [0.717, 1.165) is 0 Å². The van der Waals surface area contributed by atoms with Gasteiger partial charge in [0.25, 0.3) is 0 Å². The minimum atomic E-state index is -1.43. The second kappa shape index (κ2) is 16.0. The van der Waals surface area contributed by atoms with Gasteiger partial charge in [-0.3, -0.25) is 9.59 Å². The van der Waals surface area contributed by atoms with Crippen LogP contribution >= 0.6 is 0 Å². The zero-order chi connectivity index (χ0) is 41.3. The molecule has 16 heteroatoms. The van der Waals surface area contributed by atoms with Crippen LogP contribution in [0.2, 0.25) is 0 Å². The summed E-state index contributed by atoms with van der Waals surface area (Å²) in [5.41, 5.74) is 1.00. The molecule has 0 unspecified atom stereocenters. The number of phenolic OH excluding ortho intramolecular Hbond substituents is 3. The molecular formula is C40H38O16. The summed E-state index contributed by atoms with van der Waals surface area (Å²) in [5, 5.41) is 50.8. The third kappa shape index (κ3) is 6.91. The van der Waals surface area contributed by atoms with Crippen molar-refractivity contribution in [2.24, 2.45) is 0 Å². The Hall–Kier alpha value is -6.65. The van der Waals surface area contributed by atoms with Crippen LogP contribution in [0.4, 0.5) is 0 Å². The number of carboxylic acid groups (broad SMARTS) is 1. The SMILES string of the molecule is CCOCc1c(O)c(C(=O)O)c(C)c2c1OC(=O)c1c(C)cc(O)c(C=O)c1O2.CCOCc1c(O)c(C)c(C)c2c1OC(=O)c1c(C)cc(O)c(C=O)c1O2. The molecule has 2 aliphatic heterocycles. The van der Waals surface area contributed by atoms with E-state index >= 15 is 0 Å². The Morgan fingerprint density at radius 1 is 0.607 bits per heavy atom. The number of hydrogen-bond donors (Lipinski definition) is 5. The largest absolute Gasteiger partial charge is 0.507 e. The van der Waals surface area contributed by atoms with E-state index in [4.69, 9.17) is 28.4 Å². The molecule has 0 saturated carbocycles. The van der Waals surface area contributed by atoms with Crippen molar-refractivity contribution in [1.82, 2.24) is 0 Å². The zero-order valence-corrected chi connectivity index (χ0v) is 31.4. The molecule has 0 aromatic heterocycles. The average Bonchev–Trinajstić information content (AvgIpc) is 3.39. The van der Waals surface area contributed by atoms with Crippen molar-refractivity contribution in [3.63, 3.8) is 0 Å². The Kier molecular flexibility index (Phi) is 11.6. The number of aryl methyl sites for hydroxylation is 2. The van der Waals surface area contributed by atoms with Gasteiger partial charge in [0.15, 0.2) is 47.1 Å². The minimum Gasteiger partial charge on any atom is -0.507 e. The first-order valence-corrected chi connectivity index (χ1v) is 17.1. The fraction of sp³-hybridized carbons (Fsp3) is 0.275. The van der Waals surface area contributed by atoms with Gasteiger partial charge in [0.2, 0.25) is 0 Å². The Balaban J connectivity index is 0.000000215. The first-order chi connectivity index (χ1) is 26.5. The van der Waals surface area contributed by atoms with Crippen molar-refractivity contribution in [3.05, 3.63) is 78.9 Å². The molecule has 0 saturated heterocycles. The molecule has 6 rings (SSSR count). The van der Waals surface area contributed by atoms with Crippen LogP contribution in [0.5, 0.6) is 57.5 Å². The first-order valence-electron chi connectivity index (χ1n) is 17.1. The van der Waals surface area contributed by atoms with Crippen molar-refractivity contribution < 1.29 is 77.9 Å². The maximum Gasteiger partial charge on any atom is 0.347 e. The summed E-state index contributed by atoms with van der Waals surface area (Å²) in [6, 6.07) is 2.52. The van der Waals surface area contributed by atoms with Crippen molar-refractivity contribution in [2.45, 2.75) is 61.7 Å². The Morgan fingerprint density at radius 2 is 1.02 bits per heavy atom. The molecule has 4 aromatic rings. The van der Waals surface area contributed by atoms with Crippen LogP contribution in [-0.2, 0) is 22.7 Å². The Bertz CT molecular complexity index is 2340. The number of phenols is 4. The lowest BCUT2D eigenvalue weighted by Gasteiger charge is -2.18. The highest BCUT2D eigenvalue weighted by Gasteiger charge is 2.36. The summed E-state index contributed by atoms with van der Waals surface area (Å²) in [5.74, 6) is -4.89. The molecule has 0 amide bonds. The maximum atomic E-state index is 12.8. The topological polar surface area (TPSA) is 242 Å². The van der Waals surface area contributed by atoms with Gasteiger partial charge in [-0.2, -0.15) is 0 Å². The predicted octanol–water partition coefficient (Wildman–Crippen LogP) is 6.78. The fourth-order valence-electron chi connectivity index (χ4n) is 6.25. The molecule has 0 radical (unpaired) electrons. The number of aromatic carboxylic acids is 1. The summed E-state index contributed by atoms with van der Waals surface area (Å²) < 4.78 is 33.4. The number of hydrogen-bond acceptors (Lipinski definition) is 15. The molecule has 0 atom stereocenters. The summed E-state index contributed by atoms with van der Waals surface area (Å²) in [6.45, 7) is 11.8. The normalized spacial score (nSPS) is 12.4. The monoisotopic (exact) mass is 774 g/mol. The number of fused-ring (bicyclic) bond motifs is 4. The van der Waals surface area contributed by atoms with Gasteiger partial charge >= 0.3 is 17.9 Å². The Morgan fingerprint density at radius 3 is 1.41 bits per heavy atom. The number of esters is 2. The van der Waals surface area contributed by atoms with Crippen LogP contribution in [0.1, 0.15) is 105 Å². The molecular weight excluding hydrogens is 736 g/mol. The third-order valence-corrected chi connectivity index (χ3v) is 9.29. The molecule has 0 fully saturated rings. The summed E-state index contributed by atoms with van der Waals surface area (Å²) >= 11 is 0. The second-order valence-corrected chi connectivity index (χ2v) is 12.7. The van der Waals surface area contributed by atoms with Gasteiger partial charge in [-0.05, 0) is 77.3 Å². The van der Waals surface area contributed by atoms with E-state index in [0.29, 0.717) is 35.9 Å². The lowest BCUT2D eigenvalue weighted by molar-refractivity contribution is 0.0687. The highest BCUT2D eigenvalue weighted by molar-refractivity contribution is 6.03. The smallest absolute Gasteiger partial charge is 0.347 e. The first kappa shape index (κ1) is 40.5. The highest BCUT2D eigenvalue weighted by atomic mass is 16.6. The third-order valence-electron chi connectivity index (χ3n) is 9.29.